The zero-order valence-electron chi connectivity index (χ0n) is 22.7. The van der Waals surface area contributed by atoms with Gasteiger partial charge in [-0.15, -0.1) is 0 Å². The second kappa shape index (κ2) is 9.32. The predicted molar refractivity (Wildman–Crippen MR) is 144 cm³/mol. The third kappa shape index (κ3) is 3.97. The van der Waals surface area contributed by atoms with Gasteiger partial charge in [0.2, 0.25) is 0 Å². The Morgan fingerprint density at radius 2 is 1.82 bits per heavy atom. The van der Waals surface area contributed by atoms with Crippen LogP contribution in [0.25, 0.3) is 0 Å². The fourth-order valence-electron chi connectivity index (χ4n) is 9.51. The lowest BCUT2D eigenvalue weighted by molar-refractivity contribution is -0.237. The topological polar surface area (TPSA) is 140 Å². The summed E-state index contributed by atoms with van der Waals surface area (Å²) < 4.78 is 5.24. The van der Waals surface area contributed by atoms with Crippen molar-refractivity contribution in [3.8, 4) is 11.5 Å². The molecule has 4 aliphatic carbocycles. The van der Waals surface area contributed by atoms with Crippen molar-refractivity contribution in [1.82, 2.24) is 0 Å². The van der Waals surface area contributed by atoms with Crippen LogP contribution < -0.4 is 0 Å². The molecule has 0 saturated heterocycles. The molecule has 1 aromatic rings. The second-order valence-corrected chi connectivity index (χ2v) is 13.1. The molecule has 8 atom stereocenters. The Labute approximate surface area is 229 Å². The quantitative estimate of drug-likeness (QED) is 0.219. The summed E-state index contributed by atoms with van der Waals surface area (Å²) in [5, 5.41) is 54.6. The molecule has 5 unspecified atom stereocenters. The van der Waals surface area contributed by atoms with E-state index in [0.717, 1.165) is 30.4 Å². The zero-order valence-corrected chi connectivity index (χ0v) is 22.7. The number of carbonyl (C=O) groups is 1. The number of aliphatic hydroxyl groups is 3. The molecule has 0 radical (unpaired) electrons. The molecule has 6 rings (SSSR count). The number of fused-ring (bicyclic) bond motifs is 5. The maximum Gasteiger partial charge on any atom is 0.331 e. The first-order valence-electron chi connectivity index (χ1n) is 14.5. The SMILES string of the molecule is C[C@]12CC[C@H]3C(CCC4(O)CC(O)CC[C@]34C=NCCc3ccc(O)c(O)c3)C1(O)CCC2C1=CC(=O)OC1. The van der Waals surface area contributed by atoms with Gasteiger partial charge in [-0.2, -0.15) is 0 Å². The zero-order chi connectivity index (χ0) is 27.6. The van der Waals surface area contributed by atoms with Crippen molar-refractivity contribution in [3.05, 3.63) is 35.4 Å². The number of benzene rings is 1. The van der Waals surface area contributed by atoms with Crippen LogP contribution in [0, 0.1) is 28.6 Å². The molecule has 4 fully saturated rings. The van der Waals surface area contributed by atoms with Crippen molar-refractivity contribution in [1.29, 1.82) is 0 Å². The van der Waals surface area contributed by atoms with Crippen LogP contribution in [0.4, 0.5) is 0 Å². The summed E-state index contributed by atoms with van der Waals surface area (Å²) in [5.74, 6) is -0.457. The van der Waals surface area contributed by atoms with Gasteiger partial charge < -0.3 is 30.3 Å². The number of aliphatic imine (C=N–C) groups is 1. The van der Waals surface area contributed by atoms with Crippen molar-refractivity contribution < 1.29 is 35.1 Å². The van der Waals surface area contributed by atoms with E-state index in [1.165, 1.54) is 6.07 Å². The molecule has 8 heteroatoms. The van der Waals surface area contributed by atoms with Gasteiger partial charge in [-0.05, 0) is 98.8 Å². The van der Waals surface area contributed by atoms with Gasteiger partial charge >= 0.3 is 5.97 Å². The minimum absolute atomic E-state index is 0.00381. The van der Waals surface area contributed by atoms with Gasteiger partial charge in [0.25, 0.3) is 0 Å². The minimum atomic E-state index is -1.08. The Balaban J connectivity index is 1.29. The molecule has 1 heterocycles. The highest BCUT2D eigenvalue weighted by molar-refractivity contribution is 5.85. The van der Waals surface area contributed by atoms with Gasteiger partial charge in [0.1, 0.15) is 6.61 Å². The van der Waals surface area contributed by atoms with Crippen molar-refractivity contribution >= 4 is 12.2 Å². The van der Waals surface area contributed by atoms with Crippen molar-refractivity contribution in [2.24, 2.45) is 33.6 Å². The third-order valence-electron chi connectivity index (χ3n) is 11.5. The Morgan fingerprint density at radius 1 is 1.03 bits per heavy atom. The van der Waals surface area contributed by atoms with Crippen LogP contribution in [-0.4, -0.2) is 68.2 Å². The van der Waals surface area contributed by atoms with E-state index in [0.29, 0.717) is 58.1 Å². The van der Waals surface area contributed by atoms with Crippen LogP contribution in [0.3, 0.4) is 0 Å². The van der Waals surface area contributed by atoms with E-state index in [-0.39, 0.29) is 40.6 Å². The number of hydrogen-bond donors (Lipinski definition) is 5. The number of nitrogens with zero attached hydrogens (tertiary/aromatic N) is 1. The van der Waals surface area contributed by atoms with E-state index >= 15 is 0 Å². The molecule has 8 nitrogen and oxygen atoms in total. The maximum absolute atomic E-state index is 12.5. The number of ether oxygens (including phenoxy) is 1. The molecule has 39 heavy (non-hydrogen) atoms. The van der Waals surface area contributed by atoms with Crippen LogP contribution in [-0.2, 0) is 16.0 Å². The Kier molecular flexibility index (Phi) is 6.40. The molecule has 5 aliphatic rings. The average molecular weight is 540 g/mol. The molecule has 0 bridgehead atoms. The van der Waals surface area contributed by atoms with Crippen molar-refractivity contribution in [2.75, 3.05) is 13.2 Å². The number of aromatic hydroxyl groups is 2. The summed E-state index contributed by atoms with van der Waals surface area (Å²) in [7, 11) is 0. The minimum Gasteiger partial charge on any atom is -0.504 e. The number of aliphatic hydroxyl groups excluding tert-OH is 1. The average Bonchev–Trinajstić information content (AvgIpc) is 3.43. The third-order valence-corrected chi connectivity index (χ3v) is 11.5. The molecular formula is C31H41NO7. The number of phenols is 2. The number of phenolic OH excluding ortho intramolecular Hbond substituents is 2. The first-order valence-corrected chi connectivity index (χ1v) is 14.5. The van der Waals surface area contributed by atoms with Crippen LogP contribution in [0.2, 0.25) is 0 Å². The number of cyclic esters (lactones) is 1. The highest BCUT2D eigenvalue weighted by Crippen LogP contribution is 2.70. The standard InChI is InChI=1S/C31H41NO7/c1-28-9-5-23-24(31(28,38)12-7-22(28)20-15-27(36)39-17-20)6-11-30(37)16-21(33)4-10-29(23,30)18-32-13-8-19-2-3-25(34)26(35)14-19/h2-3,14-15,18,21-24,33-35,37-38H,4-13,16-17H2,1H3/t21?,22?,23-,24?,28+,29-,30?,31?/m0/s1. The summed E-state index contributed by atoms with van der Waals surface area (Å²) in [6.45, 7) is 2.97. The van der Waals surface area contributed by atoms with Gasteiger partial charge in [0, 0.05) is 36.1 Å². The summed E-state index contributed by atoms with van der Waals surface area (Å²) in [5.41, 5.74) is -1.12. The summed E-state index contributed by atoms with van der Waals surface area (Å²) in [6, 6.07) is 4.77. The summed E-state index contributed by atoms with van der Waals surface area (Å²) in [4.78, 5) is 16.7. The molecule has 0 spiro atoms. The second-order valence-electron chi connectivity index (χ2n) is 13.1. The van der Waals surface area contributed by atoms with Gasteiger partial charge in [0.15, 0.2) is 11.5 Å². The summed E-state index contributed by atoms with van der Waals surface area (Å²) >= 11 is 0. The van der Waals surface area contributed by atoms with Crippen LogP contribution in [0.15, 0.2) is 34.8 Å². The molecular weight excluding hydrogens is 498 g/mol. The van der Waals surface area contributed by atoms with E-state index in [1.807, 2.05) is 6.21 Å². The Bertz CT molecular complexity index is 1210. The van der Waals surface area contributed by atoms with Crippen LogP contribution >= 0.6 is 0 Å². The smallest absolute Gasteiger partial charge is 0.331 e. The fourth-order valence-corrected chi connectivity index (χ4v) is 9.51. The lowest BCUT2D eigenvalue weighted by Crippen LogP contribution is -2.68. The highest BCUT2D eigenvalue weighted by atomic mass is 16.5. The Morgan fingerprint density at radius 3 is 2.56 bits per heavy atom. The molecule has 5 N–H and O–H groups in total. The van der Waals surface area contributed by atoms with E-state index in [2.05, 4.69) is 6.92 Å². The largest absolute Gasteiger partial charge is 0.504 e. The number of esters is 1. The predicted octanol–water partition coefficient (Wildman–Crippen LogP) is 3.42. The fraction of sp³-hybridized carbons (Fsp3) is 0.677. The molecule has 0 aromatic heterocycles. The first kappa shape index (κ1) is 26.8. The van der Waals surface area contributed by atoms with Gasteiger partial charge in [-0.3, -0.25) is 4.99 Å². The van der Waals surface area contributed by atoms with E-state index in [1.54, 1.807) is 18.2 Å². The van der Waals surface area contributed by atoms with Crippen LogP contribution in [0.5, 0.6) is 11.5 Å². The Hall–Kier alpha value is -2.42. The van der Waals surface area contributed by atoms with Gasteiger partial charge in [-0.25, -0.2) is 4.79 Å². The number of hydrogen-bond acceptors (Lipinski definition) is 8. The van der Waals surface area contributed by atoms with E-state index in [9.17, 15) is 30.3 Å². The molecule has 212 valence electrons. The molecule has 1 aliphatic heterocycles. The lowest BCUT2D eigenvalue weighted by Gasteiger charge is -2.65. The van der Waals surface area contributed by atoms with Gasteiger partial charge in [-0.1, -0.05) is 13.0 Å². The number of carbonyl (C=O) groups excluding carboxylic acids is 1. The molecule has 1 aromatic carbocycles. The van der Waals surface area contributed by atoms with E-state index < -0.39 is 22.7 Å². The molecule has 4 saturated carbocycles. The highest BCUT2D eigenvalue weighted by Gasteiger charge is 2.71. The van der Waals surface area contributed by atoms with Crippen molar-refractivity contribution in [3.63, 3.8) is 0 Å². The normalized spacial score (nSPS) is 43.5. The first-order chi connectivity index (χ1) is 18.5. The van der Waals surface area contributed by atoms with E-state index in [4.69, 9.17) is 9.73 Å². The van der Waals surface area contributed by atoms with Gasteiger partial charge in [0.05, 0.1) is 17.3 Å². The molecule has 0 amide bonds. The van der Waals surface area contributed by atoms with Crippen LogP contribution in [0.1, 0.15) is 70.3 Å². The lowest BCUT2D eigenvalue weighted by atomic mass is 9.41. The maximum atomic E-state index is 12.5. The summed E-state index contributed by atoms with van der Waals surface area (Å²) in [6.07, 6.45) is 9.48. The number of rotatable bonds is 5. The van der Waals surface area contributed by atoms with Crippen molar-refractivity contribution in [2.45, 2.75) is 88.4 Å². The monoisotopic (exact) mass is 539 g/mol.